The fourth-order valence-corrected chi connectivity index (χ4v) is 2.50. The second-order valence-corrected chi connectivity index (χ2v) is 6.08. The molecule has 0 atom stereocenters. The quantitative estimate of drug-likeness (QED) is 0.728. The minimum absolute atomic E-state index is 0.0634. The normalized spacial score (nSPS) is 20.5. The summed E-state index contributed by atoms with van der Waals surface area (Å²) in [6.07, 6.45) is 6.31. The molecule has 0 aliphatic heterocycles. The van der Waals surface area contributed by atoms with Gasteiger partial charge in [0.15, 0.2) is 0 Å². The summed E-state index contributed by atoms with van der Waals surface area (Å²) in [4.78, 5) is 0. The number of hydrogen-bond acceptors (Lipinski definition) is 3. The molecule has 0 aromatic heterocycles. The van der Waals surface area contributed by atoms with Gasteiger partial charge in [-0.2, -0.15) is 0 Å². The van der Waals surface area contributed by atoms with Crippen LogP contribution in [-0.4, -0.2) is 38.0 Å². The molecule has 1 fully saturated rings. The molecule has 1 N–H and O–H groups in total. The van der Waals surface area contributed by atoms with Crippen LogP contribution in [0, 0.1) is 0 Å². The summed E-state index contributed by atoms with van der Waals surface area (Å²) in [7, 11) is 2.01. The van der Waals surface area contributed by atoms with E-state index in [4.69, 9.17) is 9.47 Å². The van der Waals surface area contributed by atoms with Gasteiger partial charge in [0, 0.05) is 6.54 Å². The van der Waals surface area contributed by atoms with Crippen molar-refractivity contribution in [3.8, 4) is 0 Å². The van der Waals surface area contributed by atoms with E-state index in [-0.39, 0.29) is 11.2 Å². The van der Waals surface area contributed by atoms with Crippen LogP contribution < -0.4 is 5.32 Å². The topological polar surface area (TPSA) is 30.5 Å². The molecule has 1 saturated carbocycles. The summed E-state index contributed by atoms with van der Waals surface area (Å²) in [5.41, 5.74) is 0.000336. The molecule has 1 rings (SSSR count). The molecule has 0 aromatic carbocycles. The van der Waals surface area contributed by atoms with Gasteiger partial charge >= 0.3 is 0 Å². The highest BCUT2D eigenvalue weighted by Crippen LogP contribution is 2.31. The van der Waals surface area contributed by atoms with Crippen molar-refractivity contribution in [2.24, 2.45) is 0 Å². The van der Waals surface area contributed by atoms with Crippen molar-refractivity contribution in [1.82, 2.24) is 5.32 Å². The predicted molar refractivity (Wildman–Crippen MR) is 71.4 cm³/mol. The van der Waals surface area contributed by atoms with Crippen LogP contribution in [0.15, 0.2) is 0 Å². The molecule has 0 spiro atoms. The molecule has 3 nitrogen and oxygen atoms in total. The summed E-state index contributed by atoms with van der Waals surface area (Å²) in [5.74, 6) is 0. The summed E-state index contributed by atoms with van der Waals surface area (Å²) in [5, 5.41) is 3.27. The van der Waals surface area contributed by atoms with Gasteiger partial charge in [-0.1, -0.05) is 19.3 Å². The summed E-state index contributed by atoms with van der Waals surface area (Å²) < 4.78 is 11.8. The molecule has 0 heterocycles. The molecule has 0 bridgehead atoms. The average molecular weight is 243 g/mol. The fraction of sp³-hybridized carbons (Fsp3) is 1.00. The van der Waals surface area contributed by atoms with E-state index in [0.29, 0.717) is 13.2 Å². The van der Waals surface area contributed by atoms with E-state index < -0.39 is 0 Å². The monoisotopic (exact) mass is 243 g/mol. The molecule has 1 aliphatic carbocycles. The third kappa shape index (κ3) is 5.84. The van der Waals surface area contributed by atoms with Crippen molar-refractivity contribution in [2.75, 3.05) is 26.8 Å². The molecule has 0 saturated heterocycles. The SMILES string of the molecule is CNCC1(OCCOC(C)(C)C)CCCCC1. The smallest absolute Gasteiger partial charge is 0.0807 e. The zero-order valence-corrected chi connectivity index (χ0v) is 12.0. The van der Waals surface area contributed by atoms with Gasteiger partial charge < -0.3 is 14.8 Å². The maximum atomic E-state index is 6.12. The Morgan fingerprint density at radius 2 is 1.71 bits per heavy atom. The lowest BCUT2D eigenvalue weighted by Crippen LogP contribution is -2.44. The third-order valence-electron chi connectivity index (χ3n) is 3.29. The van der Waals surface area contributed by atoms with E-state index in [2.05, 4.69) is 26.1 Å². The van der Waals surface area contributed by atoms with Crippen LogP contribution in [0.2, 0.25) is 0 Å². The number of likely N-dealkylation sites (N-methyl/N-ethyl adjacent to an activating group) is 1. The van der Waals surface area contributed by atoms with Crippen molar-refractivity contribution in [3.63, 3.8) is 0 Å². The molecule has 0 amide bonds. The van der Waals surface area contributed by atoms with E-state index >= 15 is 0 Å². The zero-order chi connectivity index (χ0) is 12.8. The highest BCUT2D eigenvalue weighted by atomic mass is 16.5. The Labute approximate surface area is 106 Å². The molecule has 0 unspecified atom stereocenters. The van der Waals surface area contributed by atoms with Gasteiger partial charge in [0.05, 0.1) is 24.4 Å². The van der Waals surface area contributed by atoms with Crippen LogP contribution in [0.3, 0.4) is 0 Å². The fourth-order valence-electron chi connectivity index (χ4n) is 2.50. The van der Waals surface area contributed by atoms with E-state index in [1.165, 1.54) is 32.1 Å². The van der Waals surface area contributed by atoms with E-state index in [1.807, 2.05) is 7.05 Å². The van der Waals surface area contributed by atoms with Crippen molar-refractivity contribution < 1.29 is 9.47 Å². The van der Waals surface area contributed by atoms with Crippen LogP contribution in [0.4, 0.5) is 0 Å². The standard InChI is InChI=1S/C14H29NO2/c1-13(2,3)16-10-11-17-14(12-15-4)8-6-5-7-9-14/h15H,5-12H2,1-4H3. The molecular weight excluding hydrogens is 214 g/mol. The minimum Gasteiger partial charge on any atom is -0.373 e. The lowest BCUT2D eigenvalue weighted by molar-refractivity contribution is -0.104. The molecule has 3 heteroatoms. The molecule has 102 valence electrons. The Morgan fingerprint density at radius 3 is 2.24 bits per heavy atom. The maximum absolute atomic E-state index is 6.12. The largest absolute Gasteiger partial charge is 0.373 e. The van der Waals surface area contributed by atoms with Gasteiger partial charge in [-0.15, -0.1) is 0 Å². The first-order valence-corrected chi connectivity index (χ1v) is 6.90. The van der Waals surface area contributed by atoms with Gasteiger partial charge in [0.25, 0.3) is 0 Å². The molecule has 1 aliphatic rings. The average Bonchev–Trinajstić information content (AvgIpc) is 2.25. The van der Waals surface area contributed by atoms with E-state index in [0.717, 1.165) is 6.54 Å². The van der Waals surface area contributed by atoms with Gasteiger partial charge in [-0.3, -0.25) is 0 Å². The Hall–Kier alpha value is -0.120. The van der Waals surface area contributed by atoms with Crippen LogP contribution in [0.1, 0.15) is 52.9 Å². The van der Waals surface area contributed by atoms with E-state index in [1.54, 1.807) is 0 Å². The molecule has 17 heavy (non-hydrogen) atoms. The Balaban J connectivity index is 2.29. The first-order valence-electron chi connectivity index (χ1n) is 6.90. The van der Waals surface area contributed by atoms with Crippen LogP contribution in [0.25, 0.3) is 0 Å². The van der Waals surface area contributed by atoms with Crippen molar-refractivity contribution >= 4 is 0 Å². The lowest BCUT2D eigenvalue weighted by atomic mass is 9.84. The first kappa shape index (κ1) is 14.9. The van der Waals surface area contributed by atoms with Crippen LogP contribution in [0.5, 0.6) is 0 Å². The van der Waals surface area contributed by atoms with Crippen LogP contribution in [-0.2, 0) is 9.47 Å². The summed E-state index contributed by atoms with van der Waals surface area (Å²) >= 11 is 0. The Bertz CT molecular complexity index is 199. The second kappa shape index (κ2) is 6.72. The maximum Gasteiger partial charge on any atom is 0.0807 e. The number of nitrogens with one attached hydrogen (secondary N) is 1. The first-order chi connectivity index (χ1) is 7.97. The van der Waals surface area contributed by atoms with Crippen molar-refractivity contribution in [2.45, 2.75) is 64.1 Å². The van der Waals surface area contributed by atoms with Crippen molar-refractivity contribution in [3.05, 3.63) is 0 Å². The van der Waals surface area contributed by atoms with Gasteiger partial charge in [0.1, 0.15) is 0 Å². The van der Waals surface area contributed by atoms with Gasteiger partial charge in [0.2, 0.25) is 0 Å². The van der Waals surface area contributed by atoms with E-state index in [9.17, 15) is 0 Å². The van der Waals surface area contributed by atoms with Gasteiger partial charge in [-0.25, -0.2) is 0 Å². The Kier molecular flexibility index (Phi) is 5.90. The summed E-state index contributed by atoms with van der Waals surface area (Å²) in [6, 6.07) is 0. The lowest BCUT2D eigenvalue weighted by Gasteiger charge is -2.37. The second-order valence-electron chi connectivity index (χ2n) is 6.08. The molecule has 0 radical (unpaired) electrons. The number of rotatable bonds is 6. The van der Waals surface area contributed by atoms with Gasteiger partial charge in [-0.05, 0) is 40.7 Å². The third-order valence-corrected chi connectivity index (χ3v) is 3.29. The highest BCUT2D eigenvalue weighted by Gasteiger charge is 2.32. The highest BCUT2D eigenvalue weighted by molar-refractivity contribution is 4.86. The van der Waals surface area contributed by atoms with Crippen molar-refractivity contribution in [1.29, 1.82) is 0 Å². The molecular formula is C14H29NO2. The summed E-state index contributed by atoms with van der Waals surface area (Å²) in [6.45, 7) is 8.60. The zero-order valence-electron chi connectivity index (χ0n) is 12.0. The number of ether oxygens (including phenoxy) is 2. The number of hydrogen-bond donors (Lipinski definition) is 1. The van der Waals surface area contributed by atoms with Crippen LogP contribution >= 0.6 is 0 Å². The Morgan fingerprint density at radius 1 is 1.06 bits per heavy atom. The minimum atomic E-state index is -0.0634. The predicted octanol–water partition coefficient (Wildman–Crippen LogP) is 2.74. The molecule has 0 aromatic rings.